The first kappa shape index (κ1) is 13.2. The fourth-order valence-corrected chi connectivity index (χ4v) is 1.85. The zero-order valence-electron chi connectivity index (χ0n) is 10.5. The van der Waals surface area contributed by atoms with Crippen molar-refractivity contribution in [3.63, 3.8) is 0 Å². The van der Waals surface area contributed by atoms with Gasteiger partial charge < -0.3 is 14.8 Å². The van der Waals surface area contributed by atoms with Crippen LogP contribution in [0.3, 0.4) is 0 Å². The lowest BCUT2D eigenvalue weighted by molar-refractivity contribution is -0.121. The summed E-state index contributed by atoms with van der Waals surface area (Å²) in [5.74, 6) is 0. The number of hydrogen-bond donors (Lipinski definition) is 1. The lowest BCUT2D eigenvalue weighted by Crippen LogP contribution is -2.41. The van der Waals surface area contributed by atoms with Crippen molar-refractivity contribution in [3.05, 3.63) is 35.4 Å². The molecule has 0 aliphatic rings. The van der Waals surface area contributed by atoms with Crippen LogP contribution in [-0.2, 0) is 15.9 Å². The molecule has 0 spiro atoms. The molecule has 0 aromatic heterocycles. The van der Waals surface area contributed by atoms with Gasteiger partial charge in [0.2, 0.25) is 0 Å². The molecule has 1 unspecified atom stereocenters. The highest BCUT2D eigenvalue weighted by Crippen LogP contribution is 2.10. The number of benzene rings is 1. The number of aryl methyl sites for hydroxylation is 1. The van der Waals surface area contributed by atoms with E-state index in [1.165, 1.54) is 11.1 Å². The molecule has 1 aromatic carbocycles. The second-order valence-corrected chi connectivity index (χ2v) is 3.93. The van der Waals surface area contributed by atoms with Gasteiger partial charge in [-0.25, -0.2) is 0 Å². The van der Waals surface area contributed by atoms with Crippen molar-refractivity contribution >= 4 is 0 Å². The van der Waals surface area contributed by atoms with Gasteiger partial charge in [0.25, 0.3) is 0 Å². The molecule has 0 aliphatic heterocycles. The SMILES string of the molecule is CNC(Cc1cccc(C)c1)C(OC)OC. The molecule has 0 bridgehead atoms. The molecule has 0 heterocycles. The average molecular weight is 223 g/mol. The molecule has 0 aliphatic carbocycles. The summed E-state index contributed by atoms with van der Waals surface area (Å²) < 4.78 is 10.5. The number of rotatable bonds is 6. The lowest BCUT2D eigenvalue weighted by Gasteiger charge is -2.24. The van der Waals surface area contributed by atoms with Crippen LogP contribution in [0.25, 0.3) is 0 Å². The van der Waals surface area contributed by atoms with Crippen molar-refractivity contribution in [2.75, 3.05) is 21.3 Å². The lowest BCUT2D eigenvalue weighted by atomic mass is 10.0. The van der Waals surface area contributed by atoms with Crippen LogP contribution >= 0.6 is 0 Å². The molecular weight excluding hydrogens is 202 g/mol. The summed E-state index contributed by atoms with van der Waals surface area (Å²) in [5, 5.41) is 3.22. The minimum atomic E-state index is -0.217. The number of likely N-dealkylation sites (N-methyl/N-ethyl adjacent to an activating group) is 1. The van der Waals surface area contributed by atoms with E-state index in [1.807, 2.05) is 7.05 Å². The van der Waals surface area contributed by atoms with Crippen molar-refractivity contribution in [2.24, 2.45) is 0 Å². The van der Waals surface area contributed by atoms with Crippen molar-refractivity contribution in [1.82, 2.24) is 5.32 Å². The molecule has 3 nitrogen and oxygen atoms in total. The average Bonchev–Trinajstić information content (AvgIpc) is 2.29. The van der Waals surface area contributed by atoms with Crippen molar-refractivity contribution in [2.45, 2.75) is 25.7 Å². The molecule has 90 valence electrons. The van der Waals surface area contributed by atoms with Gasteiger partial charge >= 0.3 is 0 Å². The first-order chi connectivity index (χ1) is 7.71. The first-order valence-electron chi connectivity index (χ1n) is 5.49. The molecular formula is C13H21NO2. The van der Waals surface area contributed by atoms with E-state index < -0.39 is 0 Å². The smallest absolute Gasteiger partial charge is 0.172 e. The van der Waals surface area contributed by atoms with E-state index in [4.69, 9.17) is 9.47 Å². The van der Waals surface area contributed by atoms with Gasteiger partial charge in [-0.05, 0) is 26.0 Å². The van der Waals surface area contributed by atoms with Crippen LogP contribution in [0.5, 0.6) is 0 Å². The summed E-state index contributed by atoms with van der Waals surface area (Å²) in [6, 6.07) is 8.65. The van der Waals surface area contributed by atoms with Gasteiger partial charge in [-0.3, -0.25) is 0 Å². The summed E-state index contributed by atoms with van der Waals surface area (Å²) in [4.78, 5) is 0. The Morgan fingerprint density at radius 3 is 2.44 bits per heavy atom. The van der Waals surface area contributed by atoms with Crippen molar-refractivity contribution in [1.29, 1.82) is 0 Å². The highest BCUT2D eigenvalue weighted by molar-refractivity contribution is 5.23. The zero-order chi connectivity index (χ0) is 12.0. The quantitative estimate of drug-likeness (QED) is 0.745. The summed E-state index contributed by atoms with van der Waals surface area (Å²) in [6.45, 7) is 2.10. The van der Waals surface area contributed by atoms with E-state index in [-0.39, 0.29) is 12.3 Å². The van der Waals surface area contributed by atoms with Crippen LogP contribution in [-0.4, -0.2) is 33.6 Å². The monoisotopic (exact) mass is 223 g/mol. The van der Waals surface area contributed by atoms with Gasteiger partial charge in [-0.2, -0.15) is 0 Å². The number of hydrogen-bond acceptors (Lipinski definition) is 3. The van der Waals surface area contributed by atoms with E-state index in [9.17, 15) is 0 Å². The van der Waals surface area contributed by atoms with Crippen LogP contribution in [0.2, 0.25) is 0 Å². The normalized spacial score (nSPS) is 13.1. The molecule has 1 aromatic rings. The second kappa shape index (κ2) is 6.63. The van der Waals surface area contributed by atoms with E-state index in [0.717, 1.165) is 6.42 Å². The molecule has 1 N–H and O–H groups in total. The van der Waals surface area contributed by atoms with Gasteiger partial charge in [0, 0.05) is 14.2 Å². The van der Waals surface area contributed by atoms with E-state index in [1.54, 1.807) is 14.2 Å². The third kappa shape index (κ3) is 3.59. The van der Waals surface area contributed by atoms with Crippen LogP contribution in [0, 0.1) is 6.92 Å². The molecule has 0 amide bonds. The molecule has 0 radical (unpaired) electrons. The van der Waals surface area contributed by atoms with Crippen LogP contribution in [0.4, 0.5) is 0 Å². The fraction of sp³-hybridized carbons (Fsp3) is 0.538. The van der Waals surface area contributed by atoms with Gasteiger partial charge in [0.15, 0.2) is 6.29 Å². The summed E-state index contributed by atoms with van der Waals surface area (Å²) in [7, 11) is 5.25. The number of nitrogens with one attached hydrogen (secondary N) is 1. The standard InChI is InChI=1S/C13H21NO2/c1-10-6-5-7-11(8-10)9-12(14-2)13(15-3)16-4/h5-8,12-14H,9H2,1-4H3. The predicted molar refractivity (Wildman–Crippen MR) is 65.5 cm³/mol. The van der Waals surface area contributed by atoms with Crippen LogP contribution in [0.15, 0.2) is 24.3 Å². The summed E-state index contributed by atoms with van der Waals surface area (Å²) in [5.41, 5.74) is 2.57. The molecule has 0 fully saturated rings. The minimum Gasteiger partial charge on any atom is -0.354 e. The van der Waals surface area contributed by atoms with Crippen LogP contribution < -0.4 is 5.32 Å². The van der Waals surface area contributed by atoms with E-state index in [0.29, 0.717) is 0 Å². The Labute approximate surface area is 97.8 Å². The van der Waals surface area contributed by atoms with Gasteiger partial charge in [0.1, 0.15) is 0 Å². The number of ether oxygens (including phenoxy) is 2. The topological polar surface area (TPSA) is 30.5 Å². The Bertz CT molecular complexity index is 311. The number of methoxy groups -OCH3 is 2. The summed E-state index contributed by atoms with van der Waals surface area (Å²) >= 11 is 0. The van der Waals surface area contributed by atoms with Gasteiger partial charge in [0.05, 0.1) is 6.04 Å². The Balaban J connectivity index is 2.69. The Kier molecular flexibility index (Phi) is 5.46. The Morgan fingerprint density at radius 1 is 1.25 bits per heavy atom. The highest BCUT2D eigenvalue weighted by atomic mass is 16.7. The maximum Gasteiger partial charge on any atom is 0.172 e. The zero-order valence-corrected chi connectivity index (χ0v) is 10.5. The molecule has 16 heavy (non-hydrogen) atoms. The predicted octanol–water partition coefficient (Wildman–Crippen LogP) is 1.74. The van der Waals surface area contributed by atoms with E-state index in [2.05, 4.69) is 36.5 Å². The van der Waals surface area contributed by atoms with Gasteiger partial charge in [-0.1, -0.05) is 29.8 Å². The molecule has 3 heteroatoms. The fourth-order valence-electron chi connectivity index (χ4n) is 1.85. The largest absolute Gasteiger partial charge is 0.354 e. The first-order valence-corrected chi connectivity index (χ1v) is 5.49. The highest BCUT2D eigenvalue weighted by Gasteiger charge is 2.19. The maximum atomic E-state index is 5.27. The van der Waals surface area contributed by atoms with Crippen molar-refractivity contribution in [3.8, 4) is 0 Å². The van der Waals surface area contributed by atoms with Crippen molar-refractivity contribution < 1.29 is 9.47 Å². The Morgan fingerprint density at radius 2 is 1.94 bits per heavy atom. The molecule has 0 saturated heterocycles. The van der Waals surface area contributed by atoms with Gasteiger partial charge in [-0.15, -0.1) is 0 Å². The molecule has 1 atom stereocenters. The summed E-state index contributed by atoms with van der Waals surface area (Å²) in [6.07, 6.45) is 0.676. The van der Waals surface area contributed by atoms with E-state index >= 15 is 0 Å². The third-order valence-corrected chi connectivity index (χ3v) is 2.70. The molecule has 1 rings (SSSR count). The minimum absolute atomic E-state index is 0.164. The third-order valence-electron chi connectivity index (χ3n) is 2.70. The Hall–Kier alpha value is -0.900. The second-order valence-electron chi connectivity index (χ2n) is 3.93. The maximum absolute atomic E-state index is 5.27. The van der Waals surface area contributed by atoms with Crippen LogP contribution in [0.1, 0.15) is 11.1 Å². The molecule has 0 saturated carbocycles.